The van der Waals surface area contributed by atoms with Crippen LogP contribution in [0.15, 0.2) is 48.6 Å². The number of nitrogens with zero attached hydrogens (tertiary/aromatic N) is 2. The van der Waals surface area contributed by atoms with Crippen LogP contribution in [0.25, 0.3) is 0 Å². The van der Waals surface area contributed by atoms with Crippen LogP contribution < -0.4 is 10.9 Å². The molecule has 32 heavy (non-hydrogen) atoms. The highest BCUT2D eigenvalue weighted by Crippen LogP contribution is 2.15. The van der Waals surface area contributed by atoms with E-state index < -0.39 is 26.4 Å². The van der Waals surface area contributed by atoms with Crippen LogP contribution in [0.5, 0.6) is 0 Å². The zero-order chi connectivity index (χ0) is 22.2. The standard InChI is InChI=1S/C20H18B2N2O8/c25-17-5-6-18(26)23(17)9-15-11-29-21(31-15)13-1-2-14(4-3-13)22-30-12-16(32-22)10-24-19(27)7-8-20(24)28/h1-8,15-16H,9-12H2. The van der Waals surface area contributed by atoms with Crippen molar-refractivity contribution in [2.45, 2.75) is 12.2 Å². The van der Waals surface area contributed by atoms with Gasteiger partial charge in [0.05, 0.1) is 38.5 Å². The molecule has 2 saturated heterocycles. The van der Waals surface area contributed by atoms with Gasteiger partial charge in [-0.15, -0.1) is 0 Å². The SMILES string of the molecule is O=C1C=CC(=O)N1CC1COB(c2ccc(B3OCC(CN4C(=O)C=CC4=O)O3)cc2)O1. The lowest BCUT2D eigenvalue weighted by Gasteiger charge is -2.18. The van der Waals surface area contributed by atoms with Crippen molar-refractivity contribution in [1.29, 1.82) is 0 Å². The predicted molar refractivity (Wildman–Crippen MR) is 111 cm³/mol. The minimum absolute atomic E-state index is 0.141. The van der Waals surface area contributed by atoms with Gasteiger partial charge in [-0.3, -0.25) is 29.0 Å². The van der Waals surface area contributed by atoms with Gasteiger partial charge >= 0.3 is 14.2 Å². The summed E-state index contributed by atoms with van der Waals surface area (Å²) < 4.78 is 23.1. The minimum Gasteiger partial charge on any atom is -0.405 e. The first-order chi connectivity index (χ1) is 15.5. The summed E-state index contributed by atoms with van der Waals surface area (Å²) in [7, 11) is -1.21. The third kappa shape index (κ3) is 4.05. The van der Waals surface area contributed by atoms with Gasteiger partial charge in [0.2, 0.25) is 0 Å². The Kier molecular flexibility index (Phi) is 5.51. The van der Waals surface area contributed by atoms with E-state index in [0.29, 0.717) is 0 Å². The Morgan fingerprint density at radius 3 is 1.34 bits per heavy atom. The topological polar surface area (TPSA) is 112 Å². The van der Waals surface area contributed by atoms with Gasteiger partial charge in [-0.1, -0.05) is 24.3 Å². The molecule has 0 radical (unpaired) electrons. The van der Waals surface area contributed by atoms with Crippen LogP contribution in [0.2, 0.25) is 0 Å². The molecule has 0 N–H and O–H groups in total. The van der Waals surface area contributed by atoms with Crippen LogP contribution in [0.1, 0.15) is 0 Å². The van der Waals surface area contributed by atoms with E-state index in [0.717, 1.165) is 20.7 Å². The summed E-state index contributed by atoms with van der Waals surface area (Å²) in [5, 5.41) is 0. The van der Waals surface area contributed by atoms with Gasteiger partial charge in [-0.2, -0.15) is 0 Å². The lowest BCUT2D eigenvalue weighted by molar-refractivity contribution is -0.139. The number of carbonyl (C=O) groups is 4. The summed E-state index contributed by atoms with van der Waals surface area (Å²) in [4.78, 5) is 49.1. The lowest BCUT2D eigenvalue weighted by Crippen LogP contribution is -2.41. The van der Waals surface area contributed by atoms with E-state index in [9.17, 15) is 19.2 Å². The molecule has 0 aliphatic carbocycles. The molecule has 5 rings (SSSR count). The van der Waals surface area contributed by atoms with Crippen molar-refractivity contribution in [3.8, 4) is 0 Å². The van der Waals surface area contributed by atoms with E-state index >= 15 is 0 Å². The van der Waals surface area contributed by atoms with Gasteiger partial charge in [0.25, 0.3) is 23.6 Å². The Morgan fingerprint density at radius 2 is 1.00 bits per heavy atom. The normalized spacial score (nSPS) is 25.4. The molecule has 2 unspecified atom stereocenters. The molecule has 2 fully saturated rings. The fourth-order valence-electron chi connectivity index (χ4n) is 3.88. The average Bonchev–Trinajstić information content (AvgIpc) is 3.58. The Morgan fingerprint density at radius 1 is 0.656 bits per heavy atom. The second kappa shape index (κ2) is 8.47. The molecule has 1 aromatic rings. The van der Waals surface area contributed by atoms with Crippen molar-refractivity contribution in [3.05, 3.63) is 48.6 Å². The molecule has 162 valence electrons. The third-order valence-corrected chi connectivity index (χ3v) is 5.55. The zero-order valence-corrected chi connectivity index (χ0v) is 16.9. The van der Waals surface area contributed by atoms with E-state index in [1.807, 2.05) is 24.3 Å². The molecule has 0 spiro atoms. The van der Waals surface area contributed by atoms with E-state index in [1.54, 1.807) is 0 Å². The summed E-state index contributed by atoms with van der Waals surface area (Å²) in [6.07, 6.45) is 4.15. The molecule has 4 aliphatic heterocycles. The highest BCUT2D eigenvalue weighted by atomic mass is 16.6. The van der Waals surface area contributed by atoms with E-state index in [-0.39, 0.29) is 49.9 Å². The second-order valence-electron chi connectivity index (χ2n) is 7.75. The summed E-state index contributed by atoms with van der Waals surface area (Å²) in [6.45, 7) is 0.815. The highest BCUT2D eigenvalue weighted by molar-refractivity contribution is 6.63. The number of carbonyl (C=O) groups excluding carboxylic acids is 4. The average molecular weight is 436 g/mol. The van der Waals surface area contributed by atoms with Crippen molar-refractivity contribution in [2.24, 2.45) is 0 Å². The predicted octanol–water partition coefficient (Wildman–Crippen LogP) is -2.24. The molecule has 1 aromatic carbocycles. The van der Waals surface area contributed by atoms with Crippen molar-refractivity contribution in [3.63, 3.8) is 0 Å². The van der Waals surface area contributed by atoms with Crippen LogP contribution in [0.4, 0.5) is 0 Å². The van der Waals surface area contributed by atoms with Gasteiger partial charge < -0.3 is 18.6 Å². The number of rotatable bonds is 6. The number of imide groups is 2. The lowest BCUT2D eigenvalue weighted by atomic mass is 9.74. The zero-order valence-electron chi connectivity index (χ0n) is 16.9. The summed E-state index contributed by atoms with van der Waals surface area (Å²) in [5.41, 5.74) is 1.56. The molecule has 0 saturated carbocycles. The molecule has 2 atom stereocenters. The van der Waals surface area contributed by atoms with Crippen LogP contribution >= 0.6 is 0 Å². The molecule has 10 nitrogen and oxygen atoms in total. The maximum Gasteiger partial charge on any atom is 0.494 e. The molecule has 4 heterocycles. The maximum atomic E-state index is 11.7. The van der Waals surface area contributed by atoms with E-state index in [4.69, 9.17) is 18.6 Å². The fourth-order valence-corrected chi connectivity index (χ4v) is 3.88. The van der Waals surface area contributed by atoms with Crippen molar-refractivity contribution < 1.29 is 37.8 Å². The molecular weight excluding hydrogens is 418 g/mol. The first kappa shape index (κ1) is 20.8. The number of amides is 4. The molecule has 0 bridgehead atoms. The van der Waals surface area contributed by atoms with E-state index in [2.05, 4.69) is 0 Å². The fraction of sp³-hybridized carbons (Fsp3) is 0.300. The third-order valence-electron chi connectivity index (χ3n) is 5.55. The number of hydrogen-bond donors (Lipinski definition) is 0. The van der Waals surface area contributed by atoms with Gasteiger partial charge in [-0.25, -0.2) is 0 Å². The van der Waals surface area contributed by atoms with Gasteiger partial charge in [-0.05, 0) is 10.9 Å². The number of benzene rings is 1. The Balaban J connectivity index is 1.14. The second-order valence-corrected chi connectivity index (χ2v) is 7.75. The molecule has 4 amide bonds. The van der Waals surface area contributed by atoms with Crippen molar-refractivity contribution >= 4 is 48.8 Å². The highest BCUT2D eigenvalue weighted by Gasteiger charge is 2.38. The Bertz CT molecular complexity index is 910. The Labute approximate surface area is 184 Å². The first-order valence-electron chi connectivity index (χ1n) is 10.2. The first-order valence-corrected chi connectivity index (χ1v) is 10.2. The van der Waals surface area contributed by atoms with Crippen molar-refractivity contribution in [2.75, 3.05) is 26.3 Å². The quantitative estimate of drug-likeness (QED) is 0.364. The summed E-state index contributed by atoms with van der Waals surface area (Å²) in [6, 6.07) is 7.31. The van der Waals surface area contributed by atoms with E-state index in [1.165, 1.54) is 24.3 Å². The van der Waals surface area contributed by atoms with Gasteiger partial charge in [0.15, 0.2) is 0 Å². The van der Waals surface area contributed by atoms with Crippen LogP contribution in [0, 0.1) is 0 Å². The van der Waals surface area contributed by atoms with Gasteiger partial charge in [0.1, 0.15) is 0 Å². The summed E-state index contributed by atoms with van der Waals surface area (Å²) >= 11 is 0. The molecular formula is C20H18B2N2O8. The number of hydrogen-bond acceptors (Lipinski definition) is 8. The maximum absolute atomic E-state index is 11.7. The van der Waals surface area contributed by atoms with Crippen LogP contribution in [-0.2, 0) is 37.8 Å². The Hall–Kier alpha value is -3.05. The largest absolute Gasteiger partial charge is 0.494 e. The molecule has 12 heteroatoms. The van der Waals surface area contributed by atoms with Gasteiger partial charge in [0, 0.05) is 24.3 Å². The van der Waals surface area contributed by atoms with Crippen molar-refractivity contribution in [1.82, 2.24) is 9.80 Å². The monoisotopic (exact) mass is 436 g/mol. The van der Waals surface area contributed by atoms with Crippen LogP contribution in [-0.4, -0.2) is 86.2 Å². The minimum atomic E-state index is -0.604. The molecule has 0 aromatic heterocycles. The smallest absolute Gasteiger partial charge is 0.405 e. The van der Waals surface area contributed by atoms with Crippen LogP contribution in [0.3, 0.4) is 0 Å². The molecule has 4 aliphatic rings. The summed E-state index contributed by atoms with van der Waals surface area (Å²) in [5.74, 6) is -1.40.